The number of hydrogen-bond acceptors (Lipinski definition) is 5. The quantitative estimate of drug-likeness (QED) is 0.467. The number of aromatic nitrogens is 2. The highest BCUT2D eigenvalue weighted by molar-refractivity contribution is 5.76. The largest absolute Gasteiger partial charge is 0.493 e. The van der Waals surface area contributed by atoms with Crippen molar-refractivity contribution in [2.24, 2.45) is 0 Å². The van der Waals surface area contributed by atoms with Crippen LogP contribution in [0, 0.1) is 5.82 Å². The lowest BCUT2D eigenvalue weighted by atomic mass is 10.1. The predicted octanol–water partition coefficient (Wildman–Crippen LogP) is 4.27. The smallest absolute Gasteiger partial charge is 0.222 e. The van der Waals surface area contributed by atoms with E-state index in [1.165, 1.54) is 12.1 Å². The van der Waals surface area contributed by atoms with Crippen LogP contribution in [0.5, 0.6) is 17.2 Å². The average Bonchev–Trinajstić information content (AvgIpc) is 3.30. The van der Waals surface area contributed by atoms with Gasteiger partial charge in [0, 0.05) is 31.3 Å². The summed E-state index contributed by atoms with van der Waals surface area (Å²) in [4.78, 5) is 14.3. The number of hydrogen-bond donors (Lipinski definition) is 1. The number of benzene rings is 2. The third-order valence-corrected chi connectivity index (χ3v) is 5.47. The molecule has 3 rings (SSSR count). The van der Waals surface area contributed by atoms with Crippen molar-refractivity contribution in [1.29, 1.82) is 0 Å². The standard InChI is InChI=1S/C25H30FN3O4/c1-29(12-6-9-20-16-21(28-27-20)18-7-5-8-19(26)15-18)24(30)11-10-17-13-22(31-2)25(33-4)23(14-17)32-3/h5,7-8,13-16H,6,9-12H2,1-4H3,(H,27,28). The van der Waals surface area contributed by atoms with E-state index in [0.29, 0.717) is 42.3 Å². The van der Waals surface area contributed by atoms with Crippen molar-refractivity contribution in [3.63, 3.8) is 0 Å². The van der Waals surface area contributed by atoms with E-state index in [9.17, 15) is 9.18 Å². The minimum absolute atomic E-state index is 0.0637. The zero-order valence-corrected chi connectivity index (χ0v) is 19.5. The zero-order chi connectivity index (χ0) is 23.8. The van der Waals surface area contributed by atoms with Crippen LogP contribution in [0.4, 0.5) is 4.39 Å². The van der Waals surface area contributed by atoms with E-state index in [1.807, 2.05) is 31.3 Å². The van der Waals surface area contributed by atoms with Gasteiger partial charge in [-0.25, -0.2) is 4.39 Å². The van der Waals surface area contributed by atoms with E-state index in [1.54, 1.807) is 32.3 Å². The molecule has 176 valence electrons. The highest BCUT2D eigenvalue weighted by Gasteiger charge is 2.15. The van der Waals surface area contributed by atoms with Crippen molar-refractivity contribution < 1.29 is 23.4 Å². The van der Waals surface area contributed by atoms with Crippen molar-refractivity contribution in [2.45, 2.75) is 25.7 Å². The van der Waals surface area contributed by atoms with Gasteiger partial charge in [-0.05, 0) is 55.2 Å². The monoisotopic (exact) mass is 455 g/mol. The van der Waals surface area contributed by atoms with Gasteiger partial charge in [0.15, 0.2) is 11.5 Å². The summed E-state index contributed by atoms with van der Waals surface area (Å²) in [7, 11) is 6.51. The molecule has 1 amide bonds. The topological polar surface area (TPSA) is 76.7 Å². The van der Waals surface area contributed by atoms with E-state index in [4.69, 9.17) is 14.2 Å². The van der Waals surface area contributed by atoms with Gasteiger partial charge in [0.2, 0.25) is 11.7 Å². The van der Waals surface area contributed by atoms with Gasteiger partial charge in [-0.1, -0.05) is 12.1 Å². The molecule has 3 aromatic rings. The molecule has 0 aliphatic rings. The number of aryl methyl sites for hydroxylation is 2. The molecular formula is C25H30FN3O4. The van der Waals surface area contributed by atoms with Crippen molar-refractivity contribution in [2.75, 3.05) is 34.9 Å². The number of ether oxygens (including phenoxy) is 3. The molecule has 0 spiro atoms. The number of halogens is 1. The molecule has 0 unspecified atom stereocenters. The summed E-state index contributed by atoms with van der Waals surface area (Å²) in [5.41, 5.74) is 3.33. The lowest BCUT2D eigenvalue weighted by Gasteiger charge is -2.18. The Kier molecular flexibility index (Phi) is 8.29. The summed E-state index contributed by atoms with van der Waals surface area (Å²) in [5.74, 6) is 1.46. The summed E-state index contributed by atoms with van der Waals surface area (Å²) >= 11 is 0. The summed E-state index contributed by atoms with van der Waals surface area (Å²) in [6, 6.07) is 12.0. The Balaban J connectivity index is 1.49. The number of aromatic amines is 1. The third kappa shape index (κ3) is 6.25. The Morgan fingerprint density at radius 3 is 2.39 bits per heavy atom. The van der Waals surface area contributed by atoms with Crippen LogP contribution in [0.1, 0.15) is 24.1 Å². The minimum Gasteiger partial charge on any atom is -0.493 e. The van der Waals surface area contributed by atoms with Crippen LogP contribution in [-0.4, -0.2) is 55.9 Å². The van der Waals surface area contributed by atoms with Gasteiger partial charge >= 0.3 is 0 Å². The molecule has 1 heterocycles. The molecule has 2 aromatic carbocycles. The summed E-state index contributed by atoms with van der Waals surface area (Å²) in [5, 5.41) is 7.26. The zero-order valence-electron chi connectivity index (χ0n) is 19.5. The third-order valence-electron chi connectivity index (χ3n) is 5.47. The Hall–Kier alpha value is -3.55. The maximum atomic E-state index is 13.4. The number of amides is 1. The molecule has 0 bridgehead atoms. The first-order valence-electron chi connectivity index (χ1n) is 10.8. The van der Waals surface area contributed by atoms with Crippen LogP contribution >= 0.6 is 0 Å². The number of H-pyrrole nitrogens is 1. The highest BCUT2D eigenvalue weighted by Crippen LogP contribution is 2.38. The number of nitrogens with one attached hydrogen (secondary N) is 1. The fourth-order valence-electron chi connectivity index (χ4n) is 3.64. The second kappa shape index (κ2) is 11.4. The maximum absolute atomic E-state index is 13.4. The SMILES string of the molecule is COc1cc(CCC(=O)N(C)CCCc2cc(-c3cccc(F)c3)n[nH]2)cc(OC)c1OC. The second-order valence-electron chi connectivity index (χ2n) is 7.74. The van der Waals surface area contributed by atoms with Crippen molar-refractivity contribution in [1.82, 2.24) is 15.1 Å². The Bertz CT molecular complexity index is 1060. The number of methoxy groups -OCH3 is 3. The van der Waals surface area contributed by atoms with Crippen LogP contribution in [0.25, 0.3) is 11.3 Å². The second-order valence-corrected chi connectivity index (χ2v) is 7.74. The molecule has 7 nitrogen and oxygen atoms in total. The number of rotatable bonds is 11. The lowest BCUT2D eigenvalue weighted by molar-refractivity contribution is -0.129. The normalized spacial score (nSPS) is 10.7. The lowest BCUT2D eigenvalue weighted by Crippen LogP contribution is -2.28. The molecule has 8 heteroatoms. The minimum atomic E-state index is -0.288. The van der Waals surface area contributed by atoms with Gasteiger partial charge in [-0.3, -0.25) is 9.89 Å². The Morgan fingerprint density at radius 1 is 1.03 bits per heavy atom. The fourth-order valence-corrected chi connectivity index (χ4v) is 3.64. The van der Waals surface area contributed by atoms with Gasteiger partial charge in [-0.15, -0.1) is 0 Å². The van der Waals surface area contributed by atoms with Crippen molar-refractivity contribution in [3.8, 4) is 28.5 Å². The molecule has 0 radical (unpaired) electrons. The van der Waals surface area contributed by atoms with Crippen LogP contribution in [0.15, 0.2) is 42.5 Å². The van der Waals surface area contributed by atoms with Gasteiger partial charge in [-0.2, -0.15) is 5.10 Å². The van der Waals surface area contributed by atoms with E-state index >= 15 is 0 Å². The first kappa shape index (κ1) is 24.1. The number of carbonyl (C=O) groups excluding carboxylic acids is 1. The molecule has 0 aliphatic carbocycles. The Labute approximate surface area is 193 Å². The summed E-state index contributed by atoms with van der Waals surface area (Å²) in [6.07, 6.45) is 2.48. The van der Waals surface area contributed by atoms with E-state index < -0.39 is 0 Å². The molecule has 0 saturated heterocycles. The van der Waals surface area contributed by atoms with Crippen LogP contribution < -0.4 is 14.2 Å². The fraction of sp³-hybridized carbons (Fsp3) is 0.360. The van der Waals surface area contributed by atoms with Crippen molar-refractivity contribution >= 4 is 5.91 Å². The van der Waals surface area contributed by atoms with Crippen LogP contribution in [0.2, 0.25) is 0 Å². The summed E-state index contributed by atoms with van der Waals surface area (Å²) < 4.78 is 29.5. The van der Waals surface area contributed by atoms with E-state index in [2.05, 4.69) is 10.2 Å². The van der Waals surface area contributed by atoms with Crippen molar-refractivity contribution in [3.05, 3.63) is 59.5 Å². The van der Waals surface area contributed by atoms with Gasteiger partial charge in [0.25, 0.3) is 0 Å². The molecule has 0 atom stereocenters. The first-order valence-corrected chi connectivity index (χ1v) is 10.8. The average molecular weight is 456 g/mol. The molecular weight excluding hydrogens is 425 g/mol. The first-order chi connectivity index (χ1) is 15.9. The van der Waals surface area contributed by atoms with Gasteiger partial charge < -0.3 is 19.1 Å². The molecule has 33 heavy (non-hydrogen) atoms. The molecule has 1 aromatic heterocycles. The molecule has 1 N–H and O–H groups in total. The van der Waals surface area contributed by atoms with Crippen LogP contribution in [0.3, 0.4) is 0 Å². The number of carbonyl (C=O) groups is 1. The van der Waals surface area contributed by atoms with Gasteiger partial charge in [0.05, 0.1) is 27.0 Å². The molecule has 0 aliphatic heterocycles. The van der Waals surface area contributed by atoms with E-state index in [0.717, 1.165) is 29.7 Å². The predicted molar refractivity (Wildman–Crippen MR) is 124 cm³/mol. The highest BCUT2D eigenvalue weighted by atomic mass is 19.1. The number of nitrogens with zero attached hydrogens (tertiary/aromatic N) is 2. The maximum Gasteiger partial charge on any atom is 0.222 e. The Morgan fingerprint density at radius 2 is 1.76 bits per heavy atom. The van der Waals surface area contributed by atoms with Gasteiger partial charge in [0.1, 0.15) is 5.82 Å². The van der Waals surface area contributed by atoms with Crippen LogP contribution in [-0.2, 0) is 17.6 Å². The van der Waals surface area contributed by atoms with E-state index in [-0.39, 0.29) is 11.7 Å². The summed E-state index contributed by atoms with van der Waals surface area (Å²) in [6.45, 7) is 0.627. The molecule has 0 saturated carbocycles. The molecule has 0 fully saturated rings.